The van der Waals surface area contributed by atoms with Gasteiger partial charge in [0.15, 0.2) is 5.78 Å². The van der Waals surface area contributed by atoms with Crippen LogP contribution >= 0.6 is 0 Å². The predicted molar refractivity (Wildman–Crippen MR) is 95.5 cm³/mol. The summed E-state index contributed by atoms with van der Waals surface area (Å²) in [6.07, 6.45) is 1.32. The van der Waals surface area contributed by atoms with Gasteiger partial charge in [-0.25, -0.2) is 0 Å². The Bertz CT molecular complexity index is 897. The van der Waals surface area contributed by atoms with Gasteiger partial charge in [-0.15, -0.1) is 0 Å². The highest BCUT2D eigenvalue weighted by molar-refractivity contribution is 6.13. The van der Waals surface area contributed by atoms with Gasteiger partial charge < -0.3 is 9.47 Å². The summed E-state index contributed by atoms with van der Waals surface area (Å²) in [5.41, 5.74) is 3.41. The van der Waals surface area contributed by atoms with Crippen molar-refractivity contribution in [3.63, 3.8) is 0 Å². The molecule has 0 N–H and O–H groups in total. The number of ether oxygens (including phenoxy) is 2. The highest BCUT2D eigenvalue weighted by Gasteiger charge is 2.28. The number of ketones is 1. The fourth-order valence-corrected chi connectivity index (χ4v) is 3.31. The maximum atomic E-state index is 13.1. The molecule has 1 atom stereocenters. The SMILES string of the molecule is COC(=O)C(C)c1cc2c(c(OC(C)=O)c1)C(=O)c1ccccc1CC2. The average molecular weight is 352 g/mol. The zero-order valence-electron chi connectivity index (χ0n) is 15.0. The summed E-state index contributed by atoms with van der Waals surface area (Å²) in [5, 5.41) is 0. The standard InChI is InChI=1S/C21H20O5/c1-12(21(24)25-3)16-10-15-9-8-14-6-4-5-7-17(14)20(23)19(15)18(11-16)26-13(2)22/h4-7,10-12H,8-9H2,1-3H3. The van der Waals surface area contributed by atoms with Gasteiger partial charge in [-0.05, 0) is 42.5 Å². The third-order valence-corrected chi connectivity index (χ3v) is 4.67. The smallest absolute Gasteiger partial charge is 0.312 e. The van der Waals surface area contributed by atoms with Crippen LogP contribution in [0.3, 0.4) is 0 Å². The van der Waals surface area contributed by atoms with Crippen LogP contribution in [0.15, 0.2) is 36.4 Å². The second kappa shape index (κ2) is 7.12. The topological polar surface area (TPSA) is 69.7 Å². The summed E-state index contributed by atoms with van der Waals surface area (Å²) in [6, 6.07) is 10.9. The molecule has 0 spiro atoms. The summed E-state index contributed by atoms with van der Waals surface area (Å²) < 4.78 is 10.2. The molecule has 0 fully saturated rings. The number of esters is 2. The first-order chi connectivity index (χ1) is 12.4. The Morgan fingerprint density at radius 2 is 1.77 bits per heavy atom. The third kappa shape index (κ3) is 3.25. The van der Waals surface area contributed by atoms with E-state index in [2.05, 4.69) is 0 Å². The number of methoxy groups -OCH3 is 1. The van der Waals surface area contributed by atoms with Crippen molar-refractivity contribution >= 4 is 17.7 Å². The van der Waals surface area contributed by atoms with Gasteiger partial charge in [-0.3, -0.25) is 14.4 Å². The first kappa shape index (κ1) is 17.9. The lowest BCUT2D eigenvalue weighted by molar-refractivity contribution is -0.142. The molecule has 1 aliphatic carbocycles. The molecule has 134 valence electrons. The molecule has 2 aromatic rings. The van der Waals surface area contributed by atoms with Crippen molar-refractivity contribution in [2.45, 2.75) is 32.6 Å². The lowest BCUT2D eigenvalue weighted by atomic mass is 9.92. The fraction of sp³-hybridized carbons (Fsp3) is 0.286. The van der Waals surface area contributed by atoms with Gasteiger partial charge in [0.2, 0.25) is 0 Å². The van der Waals surface area contributed by atoms with Gasteiger partial charge in [0, 0.05) is 12.5 Å². The number of rotatable bonds is 3. The maximum absolute atomic E-state index is 13.1. The lowest BCUT2D eigenvalue weighted by Crippen LogP contribution is -2.15. The van der Waals surface area contributed by atoms with Crippen LogP contribution in [0.1, 0.15) is 52.4 Å². The van der Waals surface area contributed by atoms with Crippen LogP contribution in [-0.4, -0.2) is 24.8 Å². The highest BCUT2D eigenvalue weighted by Crippen LogP contribution is 2.34. The largest absolute Gasteiger partial charge is 0.469 e. The van der Waals surface area contributed by atoms with E-state index in [1.165, 1.54) is 14.0 Å². The third-order valence-electron chi connectivity index (χ3n) is 4.67. The molecule has 0 aromatic heterocycles. The first-order valence-corrected chi connectivity index (χ1v) is 8.48. The molecule has 5 nitrogen and oxygen atoms in total. The molecule has 1 unspecified atom stereocenters. The lowest BCUT2D eigenvalue weighted by Gasteiger charge is -2.16. The number of carbonyl (C=O) groups excluding carboxylic acids is 3. The molecule has 0 amide bonds. The summed E-state index contributed by atoms with van der Waals surface area (Å²) in [7, 11) is 1.33. The van der Waals surface area contributed by atoms with E-state index < -0.39 is 11.9 Å². The minimum absolute atomic E-state index is 0.165. The fourth-order valence-electron chi connectivity index (χ4n) is 3.31. The van der Waals surface area contributed by atoms with Crippen molar-refractivity contribution in [2.24, 2.45) is 0 Å². The predicted octanol–water partition coefficient (Wildman–Crippen LogP) is 3.22. The Labute approximate surface area is 151 Å². The molecule has 3 rings (SSSR count). The molecule has 0 saturated heterocycles. The Morgan fingerprint density at radius 3 is 2.46 bits per heavy atom. The molecule has 26 heavy (non-hydrogen) atoms. The highest BCUT2D eigenvalue weighted by atomic mass is 16.5. The average Bonchev–Trinajstić information content (AvgIpc) is 2.77. The second-order valence-electron chi connectivity index (χ2n) is 6.38. The minimum atomic E-state index is -0.527. The number of benzene rings is 2. The summed E-state index contributed by atoms with van der Waals surface area (Å²) in [5.74, 6) is -1.40. The van der Waals surface area contributed by atoms with Crippen LogP contribution in [0, 0.1) is 0 Å². The van der Waals surface area contributed by atoms with Crippen LogP contribution in [0.25, 0.3) is 0 Å². The zero-order chi connectivity index (χ0) is 18.8. The normalized spacial score (nSPS) is 13.9. The number of hydrogen-bond acceptors (Lipinski definition) is 5. The minimum Gasteiger partial charge on any atom is -0.469 e. The van der Waals surface area contributed by atoms with Gasteiger partial charge in [-0.1, -0.05) is 30.3 Å². The molecule has 1 aliphatic rings. The van der Waals surface area contributed by atoms with Crippen LogP contribution in [0.5, 0.6) is 5.75 Å². The van der Waals surface area contributed by atoms with Gasteiger partial charge in [0.1, 0.15) is 5.75 Å². The van der Waals surface area contributed by atoms with E-state index in [1.54, 1.807) is 19.1 Å². The maximum Gasteiger partial charge on any atom is 0.312 e. The van der Waals surface area contributed by atoms with Gasteiger partial charge in [0.05, 0.1) is 18.6 Å². The Hall–Kier alpha value is -2.95. The molecule has 0 saturated carbocycles. The van der Waals surface area contributed by atoms with E-state index in [4.69, 9.17) is 9.47 Å². The molecule has 0 aliphatic heterocycles. The number of carbonyl (C=O) groups is 3. The zero-order valence-corrected chi connectivity index (χ0v) is 15.0. The summed E-state index contributed by atoms with van der Waals surface area (Å²) in [4.78, 5) is 36.6. The monoisotopic (exact) mass is 352 g/mol. The van der Waals surface area contributed by atoms with Crippen molar-refractivity contribution in [1.82, 2.24) is 0 Å². The Morgan fingerprint density at radius 1 is 1.08 bits per heavy atom. The van der Waals surface area contributed by atoms with Crippen LogP contribution in [0.2, 0.25) is 0 Å². The van der Waals surface area contributed by atoms with E-state index in [0.29, 0.717) is 29.5 Å². The first-order valence-electron chi connectivity index (χ1n) is 8.48. The summed E-state index contributed by atoms with van der Waals surface area (Å²) >= 11 is 0. The van der Waals surface area contributed by atoms with Crippen molar-refractivity contribution in [1.29, 1.82) is 0 Å². The van der Waals surface area contributed by atoms with E-state index in [0.717, 1.165) is 11.1 Å². The van der Waals surface area contributed by atoms with Crippen molar-refractivity contribution in [3.05, 3.63) is 64.2 Å². The van der Waals surface area contributed by atoms with Crippen molar-refractivity contribution < 1.29 is 23.9 Å². The van der Waals surface area contributed by atoms with E-state index in [-0.39, 0.29) is 17.5 Å². The molecule has 0 bridgehead atoms. The van der Waals surface area contributed by atoms with Crippen LogP contribution in [-0.2, 0) is 27.2 Å². The van der Waals surface area contributed by atoms with Crippen molar-refractivity contribution in [3.8, 4) is 5.75 Å². The molecule has 0 radical (unpaired) electrons. The van der Waals surface area contributed by atoms with E-state index in [1.807, 2.05) is 24.3 Å². The van der Waals surface area contributed by atoms with E-state index >= 15 is 0 Å². The quantitative estimate of drug-likeness (QED) is 0.627. The van der Waals surface area contributed by atoms with E-state index in [9.17, 15) is 14.4 Å². The van der Waals surface area contributed by atoms with Gasteiger partial charge >= 0.3 is 11.9 Å². The molecular weight excluding hydrogens is 332 g/mol. The Kier molecular flexibility index (Phi) is 4.89. The molecule has 2 aromatic carbocycles. The van der Waals surface area contributed by atoms with Gasteiger partial charge in [-0.2, -0.15) is 0 Å². The molecule has 5 heteroatoms. The summed E-state index contributed by atoms with van der Waals surface area (Å²) in [6.45, 7) is 3.01. The second-order valence-corrected chi connectivity index (χ2v) is 6.38. The van der Waals surface area contributed by atoms with Crippen LogP contribution < -0.4 is 4.74 Å². The van der Waals surface area contributed by atoms with Gasteiger partial charge in [0.25, 0.3) is 0 Å². The van der Waals surface area contributed by atoms with Crippen LogP contribution in [0.4, 0.5) is 0 Å². The number of aryl methyl sites for hydroxylation is 2. The molecule has 0 heterocycles. The number of hydrogen-bond donors (Lipinski definition) is 0. The number of fused-ring (bicyclic) bond motifs is 2. The van der Waals surface area contributed by atoms with Crippen molar-refractivity contribution in [2.75, 3.05) is 7.11 Å². The molecular formula is C21H20O5. The Balaban J connectivity index is 2.18.